The van der Waals surface area contributed by atoms with Crippen LogP contribution in [-0.4, -0.2) is 29.1 Å². The van der Waals surface area contributed by atoms with E-state index in [4.69, 9.17) is 21.7 Å². The van der Waals surface area contributed by atoms with Gasteiger partial charge < -0.3 is 14.8 Å². The van der Waals surface area contributed by atoms with Crippen molar-refractivity contribution in [2.24, 2.45) is 0 Å². The zero-order chi connectivity index (χ0) is 20.1. The topological polar surface area (TPSA) is 50.8 Å². The van der Waals surface area contributed by atoms with Gasteiger partial charge in [-0.2, -0.15) is 0 Å². The van der Waals surface area contributed by atoms with Gasteiger partial charge in [-0.1, -0.05) is 46.3 Å². The monoisotopic (exact) mass is 460 g/mol. The fraction of sp³-hybridized carbons (Fsp3) is 0.238. The summed E-state index contributed by atoms with van der Waals surface area (Å²) in [5, 5.41) is 3.39. The Hall–Kier alpha value is -2.38. The number of likely N-dealkylation sites (N-methyl/N-ethyl adjacent to an activating group) is 1. The maximum absolute atomic E-state index is 12.4. The quantitative estimate of drug-likeness (QED) is 0.486. The molecule has 0 radical (unpaired) electrons. The predicted molar refractivity (Wildman–Crippen MR) is 117 cm³/mol. The van der Waals surface area contributed by atoms with E-state index in [2.05, 4.69) is 21.2 Å². The Balaban J connectivity index is 1.87. The van der Waals surface area contributed by atoms with Crippen LogP contribution >= 0.6 is 28.1 Å². The number of carbonyl (C=O) groups excluding carboxylic acids is 1. The van der Waals surface area contributed by atoms with Crippen molar-refractivity contribution in [2.75, 3.05) is 13.2 Å². The van der Waals surface area contributed by atoms with E-state index in [0.717, 1.165) is 15.6 Å². The third-order valence-corrected chi connectivity index (χ3v) is 5.19. The first kappa shape index (κ1) is 20.4. The van der Waals surface area contributed by atoms with Crippen LogP contribution in [-0.2, 0) is 11.4 Å². The molecule has 1 N–H and O–H groups in total. The highest BCUT2D eigenvalue weighted by atomic mass is 79.9. The van der Waals surface area contributed by atoms with Crippen LogP contribution in [0.25, 0.3) is 6.08 Å². The molecule has 0 bridgehead atoms. The van der Waals surface area contributed by atoms with Crippen LogP contribution in [0.3, 0.4) is 0 Å². The minimum atomic E-state index is -0.137. The fourth-order valence-corrected chi connectivity index (χ4v) is 3.55. The highest BCUT2D eigenvalue weighted by molar-refractivity contribution is 9.10. The number of thiocarbonyl (C=S) groups is 1. The van der Waals surface area contributed by atoms with Crippen molar-refractivity contribution in [3.8, 4) is 11.5 Å². The number of ether oxygens (including phenoxy) is 2. The van der Waals surface area contributed by atoms with Crippen molar-refractivity contribution < 1.29 is 14.3 Å². The molecule has 0 saturated carbocycles. The molecule has 0 aromatic heterocycles. The number of halogens is 1. The SMILES string of the molecule is CCOc1cc(C=C2NC(=S)N(CC)C2=O)c(Br)cc1OCc1ccccc1. The van der Waals surface area contributed by atoms with Crippen molar-refractivity contribution in [3.05, 3.63) is 63.8 Å². The number of amides is 1. The molecule has 1 amide bonds. The van der Waals surface area contributed by atoms with Crippen LogP contribution in [0.5, 0.6) is 11.5 Å². The molecule has 0 aliphatic carbocycles. The van der Waals surface area contributed by atoms with Crippen LogP contribution in [0.2, 0.25) is 0 Å². The summed E-state index contributed by atoms with van der Waals surface area (Å²) < 4.78 is 12.5. The molecular weight excluding hydrogens is 440 g/mol. The van der Waals surface area contributed by atoms with Gasteiger partial charge in [-0.25, -0.2) is 0 Å². The lowest BCUT2D eigenvalue weighted by atomic mass is 10.1. The Morgan fingerprint density at radius 2 is 1.86 bits per heavy atom. The predicted octanol–water partition coefficient (Wildman–Crippen LogP) is 4.50. The van der Waals surface area contributed by atoms with Gasteiger partial charge in [0, 0.05) is 11.0 Å². The van der Waals surface area contributed by atoms with Crippen LogP contribution in [0.15, 0.2) is 52.6 Å². The first-order valence-corrected chi connectivity index (χ1v) is 10.2. The number of nitrogens with one attached hydrogen (secondary N) is 1. The molecule has 146 valence electrons. The molecule has 7 heteroatoms. The molecular formula is C21H21BrN2O3S. The maximum atomic E-state index is 12.4. The molecule has 2 aromatic carbocycles. The second kappa shape index (κ2) is 9.21. The number of hydrogen-bond donors (Lipinski definition) is 1. The third kappa shape index (κ3) is 4.54. The van der Waals surface area contributed by atoms with Crippen LogP contribution < -0.4 is 14.8 Å². The highest BCUT2D eigenvalue weighted by Crippen LogP contribution is 2.35. The maximum Gasteiger partial charge on any atom is 0.276 e. The molecule has 0 spiro atoms. The first-order valence-electron chi connectivity index (χ1n) is 9.01. The lowest BCUT2D eigenvalue weighted by molar-refractivity contribution is -0.122. The van der Waals surface area contributed by atoms with Crippen molar-refractivity contribution in [2.45, 2.75) is 20.5 Å². The van der Waals surface area contributed by atoms with Crippen molar-refractivity contribution in [3.63, 3.8) is 0 Å². The molecule has 1 fully saturated rings. The molecule has 0 atom stereocenters. The van der Waals surface area contributed by atoms with E-state index in [1.165, 1.54) is 4.90 Å². The van der Waals surface area contributed by atoms with Crippen molar-refractivity contribution in [1.29, 1.82) is 0 Å². The molecule has 2 aromatic rings. The summed E-state index contributed by atoms with van der Waals surface area (Å²) >= 11 is 8.78. The number of carbonyl (C=O) groups is 1. The van der Waals surface area contributed by atoms with E-state index in [1.54, 1.807) is 6.08 Å². The van der Waals surface area contributed by atoms with Crippen LogP contribution in [0, 0.1) is 0 Å². The van der Waals surface area contributed by atoms with E-state index in [9.17, 15) is 4.79 Å². The summed E-state index contributed by atoms with van der Waals surface area (Å²) in [7, 11) is 0. The molecule has 1 aliphatic heterocycles. The number of nitrogens with zero attached hydrogens (tertiary/aromatic N) is 1. The van der Waals surface area contributed by atoms with Gasteiger partial charge in [0.25, 0.3) is 5.91 Å². The Morgan fingerprint density at radius 1 is 1.14 bits per heavy atom. The average molecular weight is 461 g/mol. The van der Waals surface area contributed by atoms with E-state index < -0.39 is 0 Å². The number of hydrogen-bond acceptors (Lipinski definition) is 4. The molecule has 28 heavy (non-hydrogen) atoms. The Bertz CT molecular complexity index is 915. The minimum Gasteiger partial charge on any atom is -0.490 e. The van der Waals surface area contributed by atoms with Crippen molar-refractivity contribution >= 4 is 45.2 Å². The van der Waals surface area contributed by atoms with Crippen LogP contribution in [0.4, 0.5) is 0 Å². The normalized spacial score (nSPS) is 15.1. The van der Waals surface area contributed by atoms with Gasteiger partial charge in [-0.3, -0.25) is 9.69 Å². The summed E-state index contributed by atoms with van der Waals surface area (Å²) in [4.78, 5) is 14.0. The standard InChI is InChI=1S/C21H21BrN2O3S/c1-3-24-20(25)17(23-21(24)28)10-15-11-18(26-4-2)19(12-16(15)22)27-13-14-8-6-5-7-9-14/h5-12H,3-4,13H2,1-2H3,(H,23,28). The van der Waals surface area contributed by atoms with Crippen LogP contribution in [0.1, 0.15) is 25.0 Å². The summed E-state index contributed by atoms with van der Waals surface area (Å²) in [5.74, 6) is 1.12. The summed E-state index contributed by atoms with van der Waals surface area (Å²) in [6, 6.07) is 13.6. The van der Waals surface area contributed by atoms with Gasteiger partial charge in [-0.15, -0.1) is 0 Å². The Labute approximate surface area is 178 Å². The van der Waals surface area contributed by atoms with E-state index in [0.29, 0.717) is 42.1 Å². The number of rotatable bonds is 7. The molecule has 3 rings (SSSR count). The zero-order valence-corrected chi connectivity index (χ0v) is 18.1. The average Bonchev–Trinajstić information content (AvgIpc) is 2.96. The van der Waals surface area contributed by atoms with E-state index in [1.807, 2.05) is 56.3 Å². The largest absolute Gasteiger partial charge is 0.490 e. The summed E-state index contributed by atoms with van der Waals surface area (Å²) in [5.41, 5.74) is 2.31. The van der Waals surface area contributed by atoms with Gasteiger partial charge in [0.1, 0.15) is 12.3 Å². The Kier molecular flexibility index (Phi) is 6.70. The second-order valence-corrected chi connectivity index (χ2v) is 7.31. The lowest BCUT2D eigenvalue weighted by Crippen LogP contribution is -2.30. The van der Waals surface area contributed by atoms with E-state index >= 15 is 0 Å². The molecule has 1 aliphatic rings. The van der Waals surface area contributed by atoms with Gasteiger partial charge >= 0.3 is 0 Å². The van der Waals surface area contributed by atoms with Gasteiger partial charge in [0.05, 0.1) is 6.61 Å². The second-order valence-electron chi connectivity index (χ2n) is 6.07. The highest BCUT2D eigenvalue weighted by Gasteiger charge is 2.29. The first-order chi connectivity index (χ1) is 13.5. The Morgan fingerprint density at radius 3 is 2.50 bits per heavy atom. The fourth-order valence-electron chi connectivity index (χ4n) is 2.79. The van der Waals surface area contributed by atoms with Gasteiger partial charge in [0.15, 0.2) is 16.6 Å². The van der Waals surface area contributed by atoms with Gasteiger partial charge in [-0.05, 0) is 55.4 Å². The van der Waals surface area contributed by atoms with E-state index in [-0.39, 0.29) is 5.91 Å². The molecule has 5 nitrogen and oxygen atoms in total. The van der Waals surface area contributed by atoms with Crippen molar-refractivity contribution in [1.82, 2.24) is 10.2 Å². The minimum absolute atomic E-state index is 0.137. The zero-order valence-electron chi connectivity index (χ0n) is 15.7. The molecule has 1 saturated heterocycles. The van der Waals surface area contributed by atoms with Gasteiger partial charge in [0.2, 0.25) is 0 Å². The molecule has 1 heterocycles. The summed E-state index contributed by atoms with van der Waals surface area (Å²) in [6.07, 6.45) is 1.76. The smallest absolute Gasteiger partial charge is 0.276 e. The number of benzene rings is 2. The summed E-state index contributed by atoms with van der Waals surface area (Å²) in [6.45, 7) is 5.27. The third-order valence-electron chi connectivity index (χ3n) is 4.18. The lowest BCUT2D eigenvalue weighted by Gasteiger charge is -2.14. The molecule has 0 unspecified atom stereocenters.